The van der Waals surface area contributed by atoms with Gasteiger partial charge in [0.1, 0.15) is 12.0 Å². The summed E-state index contributed by atoms with van der Waals surface area (Å²) in [6, 6.07) is 1.36. The van der Waals surface area contributed by atoms with E-state index in [1.165, 1.54) is 6.07 Å². The molecule has 12 heteroatoms. The molecule has 36 heavy (non-hydrogen) atoms. The van der Waals surface area contributed by atoms with E-state index in [-0.39, 0.29) is 89.5 Å². The quantitative estimate of drug-likeness (QED) is 0.124. The number of hydrogen-bond donors (Lipinski definition) is 8. The van der Waals surface area contributed by atoms with Gasteiger partial charge in [-0.05, 0) is 31.0 Å². The van der Waals surface area contributed by atoms with Crippen molar-refractivity contribution in [1.29, 1.82) is 0 Å². The van der Waals surface area contributed by atoms with Gasteiger partial charge < -0.3 is 54.7 Å². The Morgan fingerprint density at radius 3 is 1.86 bits per heavy atom. The molecule has 0 fully saturated rings. The van der Waals surface area contributed by atoms with Gasteiger partial charge in [0.2, 0.25) is 10.9 Å². The molecular weight excluding hydrogens is 464 g/mol. The fraction of sp³-hybridized carbons (Fsp3) is 0.0833. The number of fused-ring (bicyclic) bond motifs is 3. The van der Waals surface area contributed by atoms with Crippen LogP contribution in [0.15, 0.2) is 30.8 Å². The molecule has 0 saturated carbocycles. The Morgan fingerprint density at radius 2 is 1.19 bits per heavy atom. The minimum Gasteiger partial charge on any atom is -0.461 e. The Bertz CT molecular complexity index is 1940. The van der Waals surface area contributed by atoms with Crippen LogP contribution in [0.4, 0.5) is 45.5 Å². The highest BCUT2D eigenvalue weighted by Crippen LogP contribution is 2.42. The van der Waals surface area contributed by atoms with Gasteiger partial charge in [0.05, 0.1) is 50.2 Å². The van der Waals surface area contributed by atoms with Crippen LogP contribution in [0.25, 0.3) is 44.0 Å². The number of hydrogen-bond acceptors (Lipinski definition) is 12. The molecule has 0 bridgehead atoms. The molecule has 2 aromatic heterocycles. The summed E-state index contributed by atoms with van der Waals surface area (Å²) in [6.07, 6.45) is 1.13. The molecule has 2 heterocycles. The van der Waals surface area contributed by atoms with Crippen molar-refractivity contribution in [2.45, 2.75) is 13.8 Å². The van der Waals surface area contributed by atoms with Gasteiger partial charge in [-0.1, -0.05) is 0 Å². The third-order valence-electron chi connectivity index (χ3n) is 6.78. The van der Waals surface area contributed by atoms with Crippen LogP contribution in [0.2, 0.25) is 0 Å². The smallest absolute Gasteiger partial charge is 0.202 e. The lowest BCUT2D eigenvalue weighted by molar-refractivity contribution is 0.606. The molecule has 12 nitrogen and oxygen atoms in total. The van der Waals surface area contributed by atoms with E-state index in [1.54, 1.807) is 13.8 Å². The van der Waals surface area contributed by atoms with Crippen molar-refractivity contribution in [2.24, 2.45) is 0 Å². The van der Waals surface area contributed by atoms with E-state index in [9.17, 15) is 9.59 Å². The van der Waals surface area contributed by atoms with Crippen molar-refractivity contribution < 1.29 is 8.83 Å². The van der Waals surface area contributed by atoms with Crippen molar-refractivity contribution in [3.63, 3.8) is 0 Å². The molecule has 5 rings (SSSR count). The fourth-order valence-electron chi connectivity index (χ4n) is 4.50. The average molecular weight is 489 g/mol. The Hall–Kier alpha value is -5.26. The van der Waals surface area contributed by atoms with E-state index in [4.69, 9.17) is 54.7 Å². The van der Waals surface area contributed by atoms with Gasteiger partial charge in [-0.25, -0.2) is 0 Å². The van der Waals surface area contributed by atoms with E-state index in [0.717, 1.165) is 6.26 Å². The first-order chi connectivity index (χ1) is 16.9. The lowest BCUT2D eigenvalue weighted by Crippen LogP contribution is -2.14. The summed E-state index contributed by atoms with van der Waals surface area (Å²) < 4.78 is 11.7. The molecule has 0 spiro atoms. The Balaban J connectivity index is 1.94. The van der Waals surface area contributed by atoms with E-state index < -0.39 is 10.9 Å². The van der Waals surface area contributed by atoms with Gasteiger partial charge in [0, 0.05) is 16.9 Å². The third-order valence-corrected chi connectivity index (χ3v) is 6.78. The molecule has 0 aliphatic rings. The van der Waals surface area contributed by atoms with Crippen LogP contribution in [0.1, 0.15) is 11.1 Å². The second-order valence-corrected chi connectivity index (χ2v) is 8.68. The lowest BCUT2D eigenvalue weighted by atomic mass is 9.96. The minimum absolute atomic E-state index is 0.00308. The van der Waals surface area contributed by atoms with Crippen molar-refractivity contribution >= 4 is 78.4 Å². The molecule has 0 amide bonds. The normalized spacial score (nSPS) is 11.6. The summed E-state index contributed by atoms with van der Waals surface area (Å²) in [4.78, 5) is 27.0. The van der Waals surface area contributed by atoms with Crippen LogP contribution in [0, 0.1) is 13.8 Å². The predicted octanol–water partition coefficient (Wildman–Crippen LogP) is 1.99. The fourth-order valence-corrected chi connectivity index (χ4v) is 4.50. The zero-order valence-electron chi connectivity index (χ0n) is 19.4. The van der Waals surface area contributed by atoms with Gasteiger partial charge in [-0.15, -0.1) is 0 Å². The maximum atomic E-state index is 13.5. The van der Waals surface area contributed by atoms with Crippen LogP contribution < -0.4 is 56.7 Å². The lowest BCUT2D eigenvalue weighted by Gasteiger charge is -2.16. The average Bonchev–Trinajstić information content (AvgIpc) is 2.84. The first-order valence-corrected chi connectivity index (χ1v) is 10.7. The number of nitrogen functional groups attached to an aromatic ring is 8. The Labute approximate surface area is 202 Å². The molecule has 0 aliphatic carbocycles. The maximum absolute atomic E-state index is 13.5. The summed E-state index contributed by atoms with van der Waals surface area (Å²) in [6.45, 7) is 3.52. The summed E-state index contributed by atoms with van der Waals surface area (Å²) in [7, 11) is 0. The van der Waals surface area contributed by atoms with Gasteiger partial charge >= 0.3 is 0 Å². The van der Waals surface area contributed by atoms with Gasteiger partial charge in [0.25, 0.3) is 0 Å². The second-order valence-electron chi connectivity index (χ2n) is 8.68. The molecule has 0 saturated heterocycles. The highest BCUT2D eigenvalue weighted by Gasteiger charge is 2.25. The molecule has 16 N–H and O–H groups in total. The Morgan fingerprint density at radius 1 is 0.611 bits per heavy atom. The highest BCUT2D eigenvalue weighted by molar-refractivity contribution is 6.12. The first-order valence-electron chi connectivity index (χ1n) is 10.7. The van der Waals surface area contributed by atoms with E-state index in [1.807, 2.05) is 0 Å². The van der Waals surface area contributed by atoms with Gasteiger partial charge in [-0.2, -0.15) is 0 Å². The second kappa shape index (κ2) is 7.12. The minimum atomic E-state index is -0.608. The van der Waals surface area contributed by atoms with Crippen LogP contribution in [0.3, 0.4) is 0 Å². The molecule has 0 aliphatic heterocycles. The number of anilines is 8. The number of rotatable bonds is 1. The van der Waals surface area contributed by atoms with Crippen LogP contribution >= 0.6 is 0 Å². The standard InChI is InChI=1S/C24H24N8O4/c1-5-6(2)14(27)24-11(13(5)26)20(33)7-3-9(25)10(16(29)22(7)36-24)8-4-35-23-12(21(8)34)15(28)17(30)18(31)19(23)32/h3-4H,25-32H2,1-2H3. The molecule has 0 unspecified atom stereocenters. The molecule has 5 aromatic rings. The SMILES string of the molecule is Cc1c(C)c(N)c2c(=O)c3cc(N)c(-c4coc5c(N)c(N)c(N)c(N)c5c4=O)c(N)c3oc2c1N. The van der Waals surface area contributed by atoms with Crippen molar-refractivity contribution in [2.75, 3.05) is 45.9 Å². The molecule has 3 aromatic carbocycles. The molecular formula is C24H24N8O4. The van der Waals surface area contributed by atoms with E-state index in [0.29, 0.717) is 11.1 Å². The highest BCUT2D eigenvalue weighted by atomic mass is 16.3. The monoisotopic (exact) mass is 488 g/mol. The zero-order valence-corrected chi connectivity index (χ0v) is 19.4. The third kappa shape index (κ3) is 2.63. The van der Waals surface area contributed by atoms with Crippen molar-refractivity contribution in [3.8, 4) is 11.1 Å². The van der Waals surface area contributed by atoms with E-state index in [2.05, 4.69) is 0 Å². The molecule has 0 radical (unpaired) electrons. The summed E-state index contributed by atoms with van der Waals surface area (Å²) >= 11 is 0. The van der Waals surface area contributed by atoms with Crippen molar-refractivity contribution in [1.82, 2.24) is 0 Å². The maximum Gasteiger partial charge on any atom is 0.202 e. The first kappa shape index (κ1) is 22.5. The van der Waals surface area contributed by atoms with Gasteiger partial charge in [-0.3, -0.25) is 9.59 Å². The summed E-state index contributed by atoms with van der Waals surface area (Å²) in [5.41, 5.74) is 49.6. The zero-order chi connectivity index (χ0) is 26.4. The number of benzene rings is 3. The largest absolute Gasteiger partial charge is 0.461 e. The van der Waals surface area contributed by atoms with Crippen molar-refractivity contribution in [3.05, 3.63) is 43.9 Å². The van der Waals surface area contributed by atoms with Crippen LogP contribution in [-0.4, -0.2) is 0 Å². The number of nitrogens with two attached hydrogens (primary N) is 8. The summed E-state index contributed by atoms with van der Waals surface area (Å²) in [5, 5.41) is 0.108. The predicted molar refractivity (Wildman–Crippen MR) is 146 cm³/mol. The molecule has 0 atom stereocenters. The van der Waals surface area contributed by atoms with Gasteiger partial charge in [0.15, 0.2) is 16.7 Å². The van der Waals surface area contributed by atoms with Crippen LogP contribution in [0.5, 0.6) is 0 Å². The summed E-state index contributed by atoms with van der Waals surface area (Å²) in [5.74, 6) is 0. The Kier molecular flexibility index (Phi) is 4.46. The van der Waals surface area contributed by atoms with Crippen LogP contribution in [-0.2, 0) is 0 Å². The van der Waals surface area contributed by atoms with E-state index >= 15 is 0 Å². The molecule has 184 valence electrons. The topological polar surface area (TPSA) is 269 Å².